The number of thiazole rings is 1. The topological polar surface area (TPSA) is 64.1 Å². The first-order valence-corrected chi connectivity index (χ1v) is 6.35. The van der Waals surface area contributed by atoms with E-state index in [4.69, 9.17) is 0 Å². The van der Waals surface area contributed by atoms with Gasteiger partial charge in [0.1, 0.15) is 0 Å². The second-order valence-corrected chi connectivity index (χ2v) is 4.45. The van der Waals surface area contributed by atoms with Crippen molar-refractivity contribution in [3.63, 3.8) is 0 Å². The number of amides is 1. The molecule has 1 amide bonds. The Hall–Kier alpha value is -1.95. The Morgan fingerprint density at radius 3 is 3.06 bits per heavy atom. The first kappa shape index (κ1) is 12.5. The molecule has 18 heavy (non-hydrogen) atoms. The zero-order chi connectivity index (χ0) is 12.8. The molecule has 0 aromatic carbocycles. The van der Waals surface area contributed by atoms with Crippen molar-refractivity contribution in [2.75, 3.05) is 13.7 Å². The smallest absolute Gasteiger partial charge is 0.406 e. The Morgan fingerprint density at radius 1 is 1.44 bits per heavy atom. The molecule has 2 heterocycles. The number of nitrogens with zero attached hydrogens (tertiary/aromatic N) is 2. The summed E-state index contributed by atoms with van der Waals surface area (Å²) in [6.07, 6.45) is 2.01. The van der Waals surface area contributed by atoms with Crippen LogP contribution in [0.4, 0.5) is 4.79 Å². The maximum Gasteiger partial charge on any atom is 0.406 e. The van der Waals surface area contributed by atoms with Crippen LogP contribution in [0.2, 0.25) is 0 Å². The van der Waals surface area contributed by atoms with Crippen LogP contribution in [0, 0.1) is 0 Å². The van der Waals surface area contributed by atoms with Crippen molar-refractivity contribution < 1.29 is 9.53 Å². The molecule has 0 saturated heterocycles. The summed E-state index contributed by atoms with van der Waals surface area (Å²) in [5, 5.41) is 5.55. The van der Waals surface area contributed by atoms with Gasteiger partial charge in [0.2, 0.25) is 0 Å². The fraction of sp³-hybridized carbons (Fsp3) is 0.250. The van der Waals surface area contributed by atoms with E-state index in [2.05, 4.69) is 20.0 Å². The molecule has 6 heteroatoms. The number of rotatable bonds is 4. The minimum Gasteiger partial charge on any atom is -0.453 e. The Kier molecular flexibility index (Phi) is 4.25. The molecule has 0 aliphatic carbocycles. The van der Waals surface area contributed by atoms with Crippen molar-refractivity contribution in [2.45, 2.75) is 6.42 Å². The van der Waals surface area contributed by atoms with Crippen LogP contribution in [0.15, 0.2) is 29.8 Å². The van der Waals surface area contributed by atoms with Gasteiger partial charge >= 0.3 is 6.09 Å². The van der Waals surface area contributed by atoms with Gasteiger partial charge in [-0.15, -0.1) is 11.3 Å². The lowest BCUT2D eigenvalue weighted by atomic mass is 10.3. The molecule has 0 aliphatic rings. The van der Waals surface area contributed by atoms with Crippen molar-refractivity contribution in [2.24, 2.45) is 0 Å². The molecule has 94 valence electrons. The lowest BCUT2D eigenvalue weighted by molar-refractivity contribution is 0.171. The zero-order valence-electron chi connectivity index (χ0n) is 9.92. The minimum absolute atomic E-state index is 0.420. The minimum atomic E-state index is -0.420. The molecule has 0 atom stereocenters. The average Bonchev–Trinajstić information content (AvgIpc) is 2.88. The van der Waals surface area contributed by atoms with Gasteiger partial charge in [0.25, 0.3) is 0 Å². The highest BCUT2D eigenvalue weighted by atomic mass is 32.1. The van der Waals surface area contributed by atoms with E-state index in [1.165, 1.54) is 7.11 Å². The van der Waals surface area contributed by atoms with Crippen LogP contribution in [0.3, 0.4) is 0 Å². The van der Waals surface area contributed by atoms with Gasteiger partial charge in [0, 0.05) is 24.5 Å². The summed E-state index contributed by atoms with van der Waals surface area (Å²) in [6.45, 7) is 0.516. The standard InChI is InChI=1S/C12H13N3O2S/c1-17-12(16)14-7-5-11-15-10(8-18-11)9-4-2-3-6-13-9/h2-4,6,8H,5,7H2,1H3,(H,14,16). The molecule has 0 bridgehead atoms. The molecular weight excluding hydrogens is 250 g/mol. The second kappa shape index (κ2) is 6.11. The first-order valence-electron chi connectivity index (χ1n) is 5.47. The molecule has 1 N–H and O–H groups in total. The lowest BCUT2D eigenvalue weighted by Gasteiger charge is -2.00. The van der Waals surface area contributed by atoms with Crippen LogP contribution >= 0.6 is 11.3 Å². The number of ether oxygens (including phenoxy) is 1. The molecule has 2 rings (SSSR count). The molecule has 0 unspecified atom stereocenters. The quantitative estimate of drug-likeness (QED) is 0.917. The number of pyridine rings is 1. The summed E-state index contributed by atoms with van der Waals surface area (Å²) >= 11 is 1.56. The summed E-state index contributed by atoms with van der Waals surface area (Å²) in [6, 6.07) is 5.72. The van der Waals surface area contributed by atoms with Gasteiger partial charge < -0.3 is 10.1 Å². The van der Waals surface area contributed by atoms with E-state index in [-0.39, 0.29) is 0 Å². The van der Waals surface area contributed by atoms with E-state index in [1.54, 1.807) is 17.5 Å². The van der Waals surface area contributed by atoms with Crippen molar-refractivity contribution in [1.82, 2.24) is 15.3 Å². The van der Waals surface area contributed by atoms with Crippen molar-refractivity contribution in [1.29, 1.82) is 0 Å². The number of carbonyl (C=O) groups excluding carboxylic acids is 1. The largest absolute Gasteiger partial charge is 0.453 e. The number of hydrogen-bond acceptors (Lipinski definition) is 5. The van der Waals surface area contributed by atoms with E-state index < -0.39 is 6.09 Å². The van der Waals surface area contributed by atoms with Gasteiger partial charge in [-0.3, -0.25) is 4.98 Å². The van der Waals surface area contributed by atoms with Crippen LogP contribution in [0.5, 0.6) is 0 Å². The van der Waals surface area contributed by atoms with Crippen molar-refractivity contribution in [3.8, 4) is 11.4 Å². The van der Waals surface area contributed by atoms with Crippen molar-refractivity contribution >= 4 is 17.4 Å². The van der Waals surface area contributed by atoms with Gasteiger partial charge in [-0.05, 0) is 12.1 Å². The Labute approximate surface area is 109 Å². The van der Waals surface area contributed by atoms with Gasteiger partial charge in [0.05, 0.1) is 23.5 Å². The Morgan fingerprint density at radius 2 is 2.33 bits per heavy atom. The second-order valence-electron chi connectivity index (χ2n) is 3.51. The van der Waals surface area contributed by atoms with Gasteiger partial charge in [-0.25, -0.2) is 9.78 Å². The predicted octanol–water partition coefficient (Wildman–Crippen LogP) is 2.10. The Balaban J connectivity index is 1.93. The third kappa shape index (κ3) is 3.27. The highest BCUT2D eigenvalue weighted by molar-refractivity contribution is 7.09. The van der Waals surface area contributed by atoms with Crippen LogP contribution in [0.25, 0.3) is 11.4 Å². The van der Waals surface area contributed by atoms with E-state index in [0.29, 0.717) is 13.0 Å². The van der Waals surface area contributed by atoms with Gasteiger partial charge in [0.15, 0.2) is 0 Å². The summed E-state index contributed by atoms with van der Waals surface area (Å²) in [7, 11) is 1.35. The lowest BCUT2D eigenvalue weighted by Crippen LogP contribution is -2.25. The molecule has 0 saturated carbocycles. The van der Waals surface area contributed by atoms with Crippen LogP contribution in [-0.2, 0) is 11.2 Å². The molecule has 0 aliphatic heterocycles. The Bertz CT molecular complexity index is 513. The third-order valence-corrected chi connectivity index (χ3v) is 3.18. The van der Waals surface area contributed by atoms with E-state index in [0.717, 1.165) is 16.4 Å². The third-order valence-electron chi connectivity index (χ3n) is 2.27. The monoisotopic (exact) mass is 263 g/mol. The number of aromatic nitrogens is 2. The summed E-state index contributed by atoms with van der Waals surface area (Å²) in [4.78, 5) is 19.6. The molecule has 0 radical (unpaired) electrons. The number of methoxy groups -OCH3 is 1. The average molecular weight is 263 g/mol. The molecule has 0 spiro atoms. The zero-order valence-corrected chi connectivity index (χ0v) is 10.7. The number of carbonyl (C=O) groups is 1. The molecule has 5 nitrogen and oxygen atoms in total. The maximum absolute atomic E-state index is 10.9. The van der Waals surface area contributed by atoms with Gasteiger partial charge in [-0.1, -0.05) is 6.07 Å². The van der Waals surface area contributed by atoms with E-state index in [9.17, 15) is 4.79 Å². The van der Waals surface area contributed by atoms with Crippen LogP contribution in [0.1, 0.15) is 5.01 Å². The van der Waals surface area contributed by atoms with Gasteiger partial charge in [-0.2, -0.15) is 0 Å². The number of nitrogens with one attached hydrogen (secondary N) is 1. The predicted molar refractivity (Wildman–Crippen MR) is 69.5 cm³/mol. The van der Waals surface area contributed by atoms with Crippen LogP contribution in [-0.4, -0.2) is 29.7 Å². The maximum atomic E-state index is 10.9. The fourth-order valence-corrected chi connectivity index (χ4v) is 2.19. The summed E-state index contributed by atoms with van der Waals surface area (Å²) < 4.78 is 4.49. The molecule has 2 aromatic heterocycles. The van der Waals surface area contributed by atoms with Crippen LogP contribution < -0.4 is 5.32 Å². The normalized spacial score (nSPS) is 10.1. The fourth-order valence-electron chi connectivity index (χ4n) is 1.40. The summed E-state index contributed by atoms with van der Waals surface area (Å²) in [5.41, 5.74) is 1.73. The molecule has 0 fully saturated rings. The molecule has 2 aromatic rings. The number of alkyl carbamates (subject to hydrolysis) is 1. The SMILES string of the molecule is COC(=O)NCCc1nc(-c2ccccn2)cs1. The van der Waals surface area contributed by atoms with E-state index >= 15 is 0 Å². The molecular formula is C12H13N3O2S. The summed E-state index contributed by atoms with van der Waals surface area (Å²) in [5.74, 6) is 0. The highest BCUT2D eigenvalue weighted by Crippen LogP contribution is 2.19. The van der Waals surface area contributed by atoms with E-state index in [1.807, 2.05) is 23.6 Å². The highest BCUT2D eigenvalue weighted by Gasteiger charge is 2.05. The first-order chi connectivity index (χ1) is 8.79. The van der Waals surface area contributed by atoms with Crippen molar-refractivity contribution in [3.05, 3.63) is 34.8 Å². The number of hydrogen-bond donors (Lipinski definition) is 1.